The summed E-state index contributed by atoms with van der Waals surface area (Å²) in [5.41, 5.74) is 0.313. The average molecular weight is 395 g/mol. The molecule has 10 heteroatoms. The fraction of sp³-hybridized carbons (Fsp3) is 0.316. The van der Waals surface area contributed by atoms with Gasteiger partial charge in [-0.25, -0.2) is 9.37 Å². The lowest BCUT2D eigenvalue weighted by atomic mass is 9.91. The number of amides is 1. The van der Waals surface area contributed by atoms with Gasteiger partial charge in [0.15, 0.2) is 0 Å². The van der Waals surface area contributed by atoms with Gasteiger partial charge in [-0.2, -0.15) is 20.0 Å². The summed E-state index contributed by atoms with van der Waals surface area (Å²) in [6, 6.07) is 6.13. The Morgan fingerprint density at radius 2 is 1.97 bits per heavy atom. The highest BCUT2D eigenvalue weighted by atomic mass is 19.1. The molecule has 2 unspecified atom stereocenters. The van der Waals surface area contributed by atoms with Crippen LogP contribution < -0.4 is 9.64 Å². The van der Waals surface area contributed by atoms with Gasteiger partial charge in [0.1, 0.15) is 17.1 Å². The molecule has 2 aliphatic rings. The van der Waals surface area contributed by atoms with E-state index in [9.17, 15) is 9.18 Å². The number of carbonyl (C=O) groups excluding carboxylic acids is 1. The molecule has 2 aliphatic heterocycles. The predicted molar refractivity (Wildman–Crippen MR) is 100 cm³/mol. The van der Waals surface area contributed by atoms with Crippen molar-refractivity contribution in [1.29, 1.82) is 0 Å². The molecule has 3 aromatic rings. The van der Waals surface area contributed by atoms with E-state index in [-0.39, 0.29) is 17.5 Å². The number of carbonyl (C=O) groups is 1. The molecule has 2 fully saturated rings. The standard InChI is InChI=1S/C19H18FN7O2/c1-29-16-5-6-21-19(24-16)25-9-12-10-26(15(12)11-25)18(28)17-13(20)3-2-4-14(17)27-22-7-8-23-27/h2-8,12,15H,9-11H2,1H3. The molecular weight excluding hydrogens is 377 g/mol. The van der Waals surface area contributed by atoms with Crippen molar-refractivity contribution in [2.45, 2.75) is 6.04 Å². The number of rotatable bonds is 4. The average Bonchev–Trinajstić information content (AvgIpc) is 3.37. The van der Waals surface area contributed by atoms with Crippen molar-refractivity contribution in [2.24, 2.45) is 5.92 Å². The minimum absolute atomic E-state index is 0.0155. The van der Waals surface area contributed by atoms with Crippen molar-refractivity contribution in [3.8, 4) is 11.6 Å². The zero-order valence-electron chi connectivity index (χ0n) is 15.6. The number of fused-ring (bicyclic) bond motifs is 1. The molecule has 2 atom stereocenters. The van der Waals surface area contributed by atoms with Gasteiger partial charge in [0.2, 0.25) is 11.8 Å². The number of nitrogens with zero attached hydrogens (tertiary/aromatic N) is 7. The second kappa shape index (κ2) is 6.80. The summed E-state index contributed by atoms with van der Waals surface area (Å²) in [4.78, 5) is 26.9. The van der Waals surface area contributed by atoms with E-state index in [1.165, 1.54) is 23.3 Å². The predicted octanol–water partition coefficient (Wildman–Crippen LogP) is 1.17. The van der Waals surface area contributed by atoms with Crippen molar-refractivity contribution in [3.05, 3.63) is 54.2 Å². The minimum atomic E-state index is -0.584. The van der Waals surface area contributed by atoms with Crippen LogP contribution in [0.15, 0.2) is 42.9 Å². The molecule has 0 saturated carbocycles. The molecule has 2 saturated heterocycles. The molecule has 0 aliphatic carbocycles. The van der Waals surface area contributed by atoms with Crippen molar-refractivity contribution in [1.82, 2.24) is 29.9 Å². The van der Waals surface area contributed by atoms with Gasteiger partial charge >= 0.3 is 0 Å². The lowest BCUT2D eigenvalue weighted by Crippen LogP contribution is -2.58. The summed E-state index contributed by atoms with van der Waals surface area (Å²) >= 11 is 0. The number of methoxy groups -OCH3 is 1. The minimum Gasteiger partial charge on any atom is -0.481 e. The third kappa shape index (κ3) is 2.87. The molecule has 0 spiro atoms. The van der Waals surface area contributed by atoms with Crippen LogP contribution in [-0.2, 0) is 0 Å². The number of aromatic nitrogens is 5. The maximum Gasteiger partial charge on any atom is 0.259 e. The third-order valence-electron chi connectivity index (χ3n) is 5.45. The number of anilines is 1. The van der Waals surface area contributed by atoms with Gasteiger partial charge in [0.25, 0.3) is 5.91 Å². The number of benzene rings is 1. The zero-order chi connectivity index (χ0) is 20.0. The van der Waals surface area contributed by atoms with Crippen molar-refractivity contribution < 1.29 is 13.9 Å². The maximum atomic E-state index is 14.6. The van der Waals surface area contributed by atoms with E-state index >= 15 is 0 Å². The number of hydrogen-bond donors (Lipinski definition) is 0. The van der Waals surface area contributed by atoms with Crippen LogP contribution >= 0.6 is 0 Å². The van der Waals surface area contributed by atoms with E-state index in [4.69, 9.17) is 4.74 Å². The van der Waals surface area contributed by atoms with Gasteiger partial charge in [0.05, 0.1) is 25.5 Å². The fourth-order valence-corrected chi connectivity index (χ4v) is 4.01. The van der Waals surface area contributed by atoms with Crippen molar-refractivity contribution in [3.63, 3.8) is 0 Å². The first-order chi connectivity index (χ1) is 14.2. The van der Waals surface area contributed by atoms with Crippen LogP contribution in [0.5, 0.6) is 5.88 Å². The van der Waals surface area contributed by atoms with Crippen LogP contribution in [0, 0.1) is 11.7 Å². The molecule has 29 heavy (non-hydrogen) atoms. The van der Waals surface area contributed by atoms with E-state index < -0.39 is 5.82 Å². The van der Waals surface area contributed by atoms with Crippen LogP contribution in [-0.4, -0.2) is 68.6 Å². The highest BCUT2D eigenvalue weighted by molar-refractivity contribution is 5.98. The van der Waals surface area contributed by atoms with E-state index in [0.29, 0.717) is 36.5 Å². The molecular formula is C19H18FN7O2. The molecule has 148 valence electrons. The Balaban J connectivity index is 1.39. The van der Waals surface area contributed by atoms with Gasteiger partial charge in [-0.3, -0.25) is 4.79 Å². The summed E-state index contributed by atoms with van der Waals surface area (Å²) in [6.45, 7) is 1.89. The Morgan fingerprint density at radius 3 is 2.76 bits per heavy atom. The Morgan fingerprint density at radius 1 is 1.14 bits per heavy atom. The van der Waals surface area contributed by atoms with E-state index in [1.807, 2.05) is 4.90 Å². The third-order valence-corrected chi connectivity index (χ3v) is 5.45. The molecule has 1 amide bonds. The van der Waals surface area contributed by atoms with E-state index in [0.717, 1.165) is 6.54 Å². The Hall–Kier alpha value is -3.56. The first-order valence-corrected chi connectivity index (χ1v) is 9.24. The monoisotopic (exact) mass is 395 g/mol. The molecule has 5 rings (SSSR count). The smallest absolute Gasteiger partial charge is 0.259 e. The molecule has 1 aromatic carbocycles. The number of ether oxygens (including phenoxy) is 1. The quantitative estimate of drug-likeness (QED) is 0.655. The van der Waals surface area contributed by atoms with Crippen LogP contribution in [0.2, 0.25) is 0 Å². The second-order valence-electron chi connectivity index (χ2n) is 7.04. The van der Waals surface area contributed by atoms with Crippen LogP contribution in [0.4, 0.5) is 10.3 Å². The number of likely N-dealkylation sites (tertiary alicyclic amines) is 1. The highest BCUT2D eigenvalue weighted by Crippen LogP contribution is 2.36. The Kier molecular flexibility index (Phi) is 4.11. The largest absolute Gasteiger partial charge is 0.481 e. The van der Waals surface area contributed by atoms with Gasteiger partial charge in [-0.15, -0.1) is 0 Å². The Labute approximate surface area is 165 Å². The van der Waals surface area contributed by atoms with E-state index in [1.54, 1.807) is 36.4 Å². The van der Waals surface area contributed by atoms with Gasteiger partial charge < -0.3 is 14.5 Å². The second-order valence-corrected chi connectivity index (χ2v) is 7.04. The normalized spacial score (nSPS) is 20.3. The molecule has 0 bridgehead atoms. The first kappa shape index (κ1) is 17.5. The summed E-state index contributed by atoms with van der Waals surface area (Å²) in [7, 11) is 1.56. The SMILES string of the molecule is COc1ccnc(N2CC3CN(C(=O)c4c(F)cccc4-n4nccn4)C3C2)n1. The Bertz CT molecular complexity index is 1060. The maximum absolute atomic E-state index is 14.6. The van der Waals surface area contributed by atoms with Crippen molar-refractivity contribution >= 4 is 11.9 Å². The van der Waals surface area contributed by atoms with E-state index in [2.05, 4.69) is 20.2 Å². The first-order valence-electron chi connectivity index (χ1n) is 9.24. The molecule has 0 N–H and O–H groups in total. The van der Waals surface area contributed by atoms with Crippen molar-refractivity contribution in [2.75, 3.05) is 31.6 Å². The van der Waals surface area contributed by atoms with Gasteiger partial charge in [0, 0.05) is 37.8 Å². The fourth-order valence-electron chi connectivity index (χ4n) is 4.01. The van der Waals surface area contributed by atoms with Crippen LogP contribution in [0.25, 0.3) is 5.69 Å². The van der Waals surface area contributed by atoms with Gasteiger partial charge in [-0.1, -0.05) is 6.07 Å². The van der Waals surface area contributed by atoms with Crippen LogP contribution in [0.1, 0.15) is 10.4 Å². The topological polar surface area (TPSA) is 89.3 Å². The molecule has 4 heterocycles. The zero-order valence-corrected chi connectivity index (χ0v) is 15.6. The van der Waals surface area contributed by atoms with Gasteiger partial charge in [-0.05, 0) is 12.1 Å². The summed E-state index contributed by atoms with van der Waals surface area (Å²) < 4.78 is 19.8. The lowest BCUT2D eigenvalue weighted by molar-refractivity contribution is 0.0323. The summed E-state index contributed by atoms with van der Waals surface area (Å²) in [5, 5.41) is 8.08. The highest BCUT2D eigenvalue weighted by Gasteiger charge is 2.49. The lowest BCUT2D eigenvalue weighted by Gasteiger charge is -2.43. The van der Waals surface area contributed by atoms with Crippen LogP contribution in [0.3, 0.4) is 0 Å². The molecule has 9 nitrogen and oxygen atoms in total. The summed E-state index contributed by atoms with van der Waals surface area (Å²) in [5.74, 6) is 0.416. The molecule has 0 radical (unpaired) electrons. The molecule has 2 aromatic heterocycles. The number of hydrogen-bond acceptors (Lipinski definition) is 7. The number of halogens is 1. The summed E-state index contributed by atoms with van der Waals surface area (Å²) in [6.07, 6.45) is 4.62.